The molecule has 0 spiro atoms. The number of benzene rings is 1. The standard InChI is InChI=1S/C15H20BrFN2/c1-2-18-10-7-11-3-4-12(8-10)19(11)13-5-6-15(17)14(16)9-13/h5-6,9-12,18H,2-4,7-8H2,1H3. The van der Waals surface area contributed by atoms with Crippen LogP contribution in [0.25, 0.3) is 0 Å². The lowest BCUT2D eigenvalue weighted by atomic mass is 9.96. The minimum Gasteiger partial charge on any atom is -0.365 e. The van der Waals surface area contributed by atoms with Gasteiger partial charge in [-0.3, -0.25) is 0 Å². The molecule has 2 bridgehead atoms. The van der Waals surface area contributed by atoms with Crippen LogP contribution in [0.5, 0.6) is 0 Å². The number of hydrogen-bond donors (Lipinski definition) is 1. The molecule has 3 rings (SSSR count). The average molecular weight is 327 g/mol. The Balaban J connectivity index is 1.81. The Hall–Kier alpha value is -0.610. The van der Waals surface area contributed by atoms with Crippen LogP contribution in [0.15, 0.2) is 22.7 Å². The van der Waals surface area contributed by atoms with Crippen molar-refractivity contribution in [2.24, 2.45) is 0 Å². The van der Waals surface area contributed by atoms with Gasteiger partial charge in [0.2, 0.25) is 0 Å². The van der Waals surface area contributed by atoms with Gasteiger partial charge in [-0.05, 0) is 66.4 Å². The third-order valence-corrected chi connectivity index (χ3v) is 5.03. The van der Waals surface area contributed by atoms with Crippen LogP contribution < -0.4 is 10.2 Å². The van der Waals surface area contributed by atoms with E-state index >= 15 is 0 Å². The third-order valence-electron chi connectivity index (χ3n) is 4.43. The van der Waals surface area contributed by atoms with Gasteiger partial charge in [0.1, 0.15) is 5.82 Å². The highest BCUT2D eigenvalue weighted by atomic mass is 79.9. The largest absolute Gasteiger partial charge is 0.365 e. The molecule has 0 saturated carbocycles. The van der Waals surface area contributed by atoms with E-state index in [1.54, 1.807) is 6.07 Å². The summed E-state index contributed by atoms with van der Waals surface area (Å²) in [5.74, 6) is -0.182. The van der Waals surface area contributed by atoms with Gasteiger partial charge < -0.3 is 10.2 Å². The predicted octanol–water partition coefficient (Wildman–Crippen LogP) is 3.70. The molecule has 2 atom stereocenters. The van der Waals surface area contributed by atoms with E-state index in [2.05, 4.69) is 33.1 Å². The van der Waals surface area contributed by atoms with E-state index < -0.39 is 0 Å². The maximum absolute atomic E-state index is 13.4. The molecule has 19 heavy (non-hydrogen) atoms. The molecule has 4 heteroatoms. The van der Waals surface area contributed by atoms with Gasteiger partial charge >= 0.3 is 0 Å². The first-order chi connectivity index (χ1) is 9.19. The van der Waals surface area contributed by atoms with Gasteiger partial charge in [0.15, 0.2) is 0 Å². The van der Waals surface area contributed by atoms with Crippen LogP contribution in [0.2, 0.25) is 0 Å². The van der Waals surface area contributed by atoms with E-state index in [-0.39, 0.29) is 5.82 Å². The van der Waals surface area contributed by atoms with Crippen molar-refractivity contribution in [3.8, 4) is 0 Å². The molecule has 2 unspecified atom stereocenters. The zero-order chi connectivity index (χ0) is 13.4. The van der Waals surface area contributed by atoms with Gasteiger partial charge in [0.05, 0.1) is 4.47 Å². The lowest BCUT2D eigenvalue weighted by Crippen LogP contribution is -2.49. The SMILES string of the molecule is CCNC1CC2CCC(C1)N2c1ccc(F)c(Br)c1. The number of nitrogens with one attached hydrogen (secondary N) is 1. The normalized spacial score (nSPS) is 29.8. The Kier molecular flexibility index (Phi) is 3.81. The van der Waals surface area contributed by atoms with E-state index in [0.717, 1.165) is 12.2 Å². The number of hydrogen-bond acceptors (Lipinski definition) is 2. The maximum Gasteiger partial charge on any atom is 0.137 e. The topological polar surface area (TPSA) is 15.3 Å². The Morgan fingerprint density at radius 2 is 2.00 bits per heavy atom. The smallest absolute Gasteiger partial charge is 0.137 e. The molecule has 0 aliphatic carbocycles. The summed E-state index contributed by atoms with van der Waals surface area (Å²) in [6, 6.07) is 7.28. The third kappa shape index (κ3) is 2.52. The van der Waals surface area contributed by atoms with Crippen molar-refractivity contribution in [2.75, 3.05) is 11.4 Å². The summed E-state index contributed by atoms with van der Waals surface area (Å²) in [6.07, 6.45) is 4.95. The molecule has 1 aromatic carbocycles. The number of anilines is 1. The number of halogens is 2. The highest BCUT2D eigenvalue weighted by Gasteiger charge is 2.40. The van der Waals surface area contributed by atoms with Crippen LogP contribution >= 0.6 is 15.9 Å². The van der Waals surface area contributed by atoms with Gasteiger partial charge in [-0.25, -0.2) is 4.39 Å². The van der Waals surface area contributed by atoms with Crippen LogP contribution in [-0.2, 0) is 0 Å². The molecule has 0 aromatic heterocycles. The van der Waals surface area contributed by atoms with E-state index in [1.165, 1.54) is 25.7 Å². The maximum atomic E-state index is 13.4. The summed E-state index contributed by atoms with van der Waals surface area (Å²) in [6.45, 7) is 3.22. The van der Waals surface area contributed by atoms with Gasteiger partial charge in [-0.15, -0.1) is 0 Å². The molecule has 1 N–H and O–H groups in total. The fourth-order valence-corrected chi connectivity index (χ4v) is 4.07. The monoisotopic (exact) mass is 326 g/mol. The highest BCUT2D eigenvalue weighted by molar-refractivity contribution is 9.10. The zero-order valence-corrected chi connectivity index (χ0v) is 12.8. The highest BCUT2D eigenvalue weighted by Crippen LogP contribution is 2.40. The molecular weight excluding hydrogens is 307 g/mol. The second-order valence-corrected chi connectivity index (χ2v) is 6.47. The fourth-order valence-electron chi connectivity index (χ4n) is 3.70. The first-order valence-electron chi connectivity index (χ1n) is 7.15. The zero-order valence-electron chi connectivity index (χ0n) is 11.2. The molecule has 2 aliphatic heterocycles. The molecule has 2 heterocycles. The summed E-state index contributed by atoms with van der Waals surface area (Å²) in [5, 5.41) is 3.58. The van der Waals surface area contributed by atoms with Crippen molar-refractivity contribution >= 4 is 21.6 Å². The summed E-state index contributed by atoms with van der Waals surface area (Å²) in [5.41, 5.74) is 1.16. The summed E-state index contributed by atoms with van der Waals surface area (Å²) >= 11 is 3.30. The van der Waals surface area contributed by atoms with Crippen LogP contribution in [0.1, 0.15) is 32.6 Å². The molecule has 2 fully saturated rings. The summed E-state index contributed by atoms with van der Waals surface area (Å²) in [4.78, 5) is 2.51. The van der Waals surface area contributed by atoms with E-state index in [9.17, 15) is 4.39 Å². The molecule has 2 aliphatic rings. The van der Waals surface area contributed by atoms with Gasteiger partial charge in [0.25, 0.3) is 0 Å². The van der Waals surface area contributed by atoms with Crippen molar-refractivity contribution in [3.05, 3.63) is 28.5 Å². The second kappa shape index (κ2) is 5.41. The first-order valence-corrected chi connectivity index (χ1v) is 7.95. The van der Waals surface area contributed by atoms with Crippen LogP contribution in [0, 0.1) is 5.82 Å². The minimum absolute atomic E-state index is 0.182. The molecular formula is C15H20BrFN2. The van der Waals surface area contributed by atoms with Crippen molar-refractivity contribution < 1.29 is 4.39 Å². The number of fused-ring (bicyclic) bond motifs is 2. The quantitative estimate of drug-likeness (QED) is 0.911. The summed E-state index contributed by atoms with van der Waals surface area (Å²) in [7, 11) is 0. The van der Waals surface area contributed by atoms with E-state index in [0.29, 0.717) is 22.6 Å². The Bertz CT molecular complexity index is 451. The number of piperidine rings is 1. The number of rotatable bonds is 3. The molecule has 0 amide bonds. The molecule has 2 saturated heterocycles. The first kappa shape index (κ1) is 13.4. The Morgan fingerprint density at radius 3 is 2.58 bits per heavy atom. The van der Waals surface area contributed by atoms with Crippen LogP contribution in [0.3, 0.4) is 0 Å². The molecule has 2 nitrogen and oxygen atoms in total. The van der Waals surface area contributed by atoms with Crippen molar-refractivity contribution in [1.29, 1.82) is 0 Å². The van der Waals surface area contributed by atoms with Crippen molar-refractivity contribution in [3.63, 3.8) is 0 Å². The number of nitrogens with zero attached hydrogens (tertiary/aromatic N) is 1. The molecule has 104 valence electrons. The molecule has 1 aromatic rings. The van der Waals surface area contributed by atoms with E-state index in [4.69, 9.17) is 0 Å². The minimum atomic E-state index is -0.182. The lowest BCUT2D eigenvalue weighted by Gasteiger charge is -2.41. The van der Waals surface area contributed by atoms with Crippen molar-refractivity contribution in [2.45, 2.75) is 50.7 Å². The van der Waals surface area contributed by atoms with Crippen LogP contribution in [-0.4, -0.2) is 24.7 Å². The van der Waals surface area contributed by atoms with Gasteiger partial charge in [-0.2, -0.15) is 0 Å². The van der Waals surface area contributed by atoms with Gasteiger partial charge in [0, 0.05) is 23.8 Å². The molecule has 0 radical (unpaired) electrons. The fraction of sp³-hybridized carbons (Fsp3) is 0.600. The Morgan fingerprint density at radius 1 is 1.32 bits per heavy atom. The average Bonchev–Trinajstić information content (AvgIpc) is 2.65. The van der Waals surface area contributed by atoms with Gasteiger partial charge in [-0.1, -0.05) is 6.92 Å². The summed E-state index contributed by atoms with van der Waals surface area (Å²) < 4.78 is 13.9. The lowest BCUT2D eigenvalue weighted by molar-refractivity contribution is 0.361. The second-order valence-electron chi connectivity index (χ2n) is 5.62. The predicted molar refractivity (Wildman–Crippen MR) is 80.1 cm³/mol. The Labute approximate surface area is 122 Å². The van der Waals surface area contributed by atoms with Crippen molar-refractivity contribution in [1.82, 2.24) is 5.32 Å². The van der Waals surface area contributed by atoms with E-state index in [1.807, 2.05) is 12.1 Å². The van der Waals surface area contributed by atoms with Crippen LogP contribution in [0.4, 0.5) is 10.1 Å².